The van der Waals surface area contributed by atoms with Gasteiger partial charge >= 0.3 is 0 Å². The minimum Gasteiger partial charge on any atom is -0.314 e. The minimum absolute atomic E-state index is 0.0222. The van der Waals surface area contributed by atoms with Gasteiger partial charge in [0.25, 0.3) is 11.7 Å². The molecule has 3 N–H and O–H groups in total. The fourth-order valence-electron chi connectivity index (χ4n) is 3.34. The van der Waals surface area contributed by atoms with E-state index in [2.05, 4.69) is 10.2 Å². The number of carbonyl (C=O) groups excluding carboxylic acids is 1. The molecule has 0 saturated carbocycles. The molecule has 1 amide bonds. The summed E-state index contributed by atoms with van der Waals surface area (Å²) in [7, 11) is 0. The molecule has 0 unspecified atom stereocenters. The molecule has 0 atom stereocenters. The second kappa shape index (κ2) is 8.98. The maximum Gasteiger partial charge on any atom is 0.282 e. The summed E-state index contributed by atoms with van der Waals surface area (Å²) in [6.45, 7) is 0.855. The number of benzene rings is 2. The maximum absolute atomic E-state index is 12.5. The summed E-state index contributed by atoms with van der Waals surface area (Å²) in [5.74, 6) is 0.413. The number of nitrogens with one attached hydrogen (secondary N) is 1. The molecule has 0 fully saturated rings. The maximum atomic E-state index is 12.5. The number of amides is 1. The SMILES string of the molecule is N=C(c1ccccc1)c1c([NH2+]CC(=O)N2C=CCC2)nnc(-c2ccccc2)c1Cl. The first-order valence-corrected chi connectivity index (χ1v) is 10.1. The molecule has 1 aliphatic rings. The number of carbonyl (C=O) groups is 1. The lowest BCUT2D eigenvalue weighted by Gasteiger charge is -2.14. The van der Waals surface area contributed by atoms with Gasteiger partial charge in [-0.3, -0.25) is 15.5 Å². The number of quaternary nitrogens is 1. The topological polar surface area (TPSA) is 86.5 Å². The summed E-state index contributed by atoms with van der Waals surface area (Å²) in [5.41, 5.74) is 2.77. The number of nitrogens with two attached hydrogens (primary N) is 1. The van der Waals surface area contributed by atoms with Crippen molar-refractivity contribution >= 4 is 29.0 Å². The number of rotatable bonds is 6. The minimum atomic E-state index is -0.0222. The van der Waals surface area contributed by atoms with Gasteiger partial charge in [-0.15, -0.1) is 5.10 Å². The van der Waals surface area contributed by atoms with Gasteiger partial charge < -0.3 is 4.90 Å². The van der Waals surface area contributed by atoms with Crippen molar-refractivity contribution < 1.29 is 10.1 Å². The summed E-state index contributed by atoms with van der Waals surface area (Å²) in [6, 6.07) is 18.9. The van der Waals surface area contributed by atoms with Crippen LogP contribution in [-0.2, 0) is 4.79 Å². The molecule has 30 heavy (non-hydrogen) atoms. The summed E-state index contributed by atoms with van der Waals surface area (Å²) in [5, 5.41) is 19.5. The second-order valence-electron chi connectivity index (χ2n) is 6.90. The third kappa shape index (κ3) is 4.15. The molecule has 150 valence electrons. The number of halogens is 1. The largest absolute Gasteiger partial charge is 0.314 e. The highest BCUT2D eigenvalue weighted by molar-refractivity contribution is 6.38. The first-order chi connectivity index (χ1) is 14.6. The molecule has 4 rings (SSSR count). The van der Waals surface area contributed by atoms with Crippen LogP contribution < -0.4 is 5.32 Å². The van der Waals surface area contributed by atoms with Crippen molar-refractivity contribution in [2.75, 3.05) is 13.1 Å². The van der Waals surface area contributed by atoms with E-state index in [-0.39, 0.29) is 18.2 Å². The van der Waals surface area contributed by atoms with Crippen molar-refractivity contribution in [2.45, 2.75) is 6.42 Å². The van der Waals surface area contributed by atoms with Gasteiger partial charge in [-0.25, -0.2) is 0 Å². The number of nitrogens with zero attached hydrogens (tertiary/aromatic N) is 3. The normalized spacial score (nSPS) is 12.9. The van der Waals surface area contributed by atoms with Crippen LogP contribution in [0.15, 0.2) is 72.9 Å². The lowest BCUT2D eigenvalue weighted by Crippen LogP contribution is -2.81. The van der Waals surface area contributed by atoms with E-state index in [1.807, 2.05) is 66.7 Å². The molecule has 0 aliphatic carbocycles. The third-order valence-electron chi connectivity index (χ3n) is 4.91. The molecule has 7 heteroatoms. The van der Waals surface area contributed by atoms with Crippen molar-refractivity contribution in [3.05, 3.63) is 89.1 Å². The van der Waals surface area contributed by atoms with Crippen LogP contribution in [0.2, 0.25) is 5.02 Å². The average molecular weight is 419 g/mol. The molecular formula is C23H21ClN5O+. The zero-order chi connectivity index (χ0) is 20.9. The predicted octanol–water partition coefficient (Wildman–Crippen LogP) is 3.15. The molecule has 0 saturated heterocycles. The highest BCUT2D eigenvalue weighted by atomic mass is 35.5. The van der Waals surface area contributed by atoms with E-state index < -0.39 is 0 Å². The number of hydrogen-bond donors (Lipinski definition) is 2. The monoisotopic (exact) mass is 418 g/mol. The van der Waals surface area contributed by atoms with Crippen LogP contribution in [0, 0.1) is 5.41 Å². The van der Waals surface area contributed by atoms with E-state index >= 15 is 0 Å². The fourth-order valence-corrected chi connectivity index (χ4v) is 3.68. The van der Waals surface area contributed by atoms with Crippen molar-refractivity contribution in [2.24, 2.45) is 0 Å². The van der Waals surface area contributed by atoms with Gasteiger partial charge in [0, 0.05) is 23.9 Å². The third-order valence-corrected chi connectivity index (χ3v) is 5.28. The van der Waals surface area contributed by atoms with E-state index in [0.717, 1.165) is 17.5 Å². The lowest BCUT2D eigenvalue weighted by atomic mass is 10.0. The summed E-state index contributed by atoms with van der Waals surface area (Å²) in [4.78, 5) is 14.1. The van der Waals surface area contributed by atoms with Crippen LogP contribution in [0.5, 0.6) is 0 Å². The summed E-state index contributed by atoms with van der Waals surface area (Å²) < 4.78 is 0. The lowest BCUT2D eigenvalue weighted by molar-refractivity contribution is -0.564. The Morgan fingerprint density at radius 2 is 1.77 bits per heavy atom. The van der Waals surface area contributed by atoms with Gasteiger partial charge in [-0.1, -0.05) is 83.4 Å². The van der Waals surface area contributed by atoms with Crippen molar-refractivity contribution in [1.29, 1.82) is 5.41 Å². The molecule has 0 radical (unpaired) electrons. The zero-order valence-corrected chi connectivity index (χ0v) is 17.0. The van der Waals surface area contributed by atoms with E-state index in [1.54, 1.807) is 16.4 Å². The molecule has 3 aromatic rings. The summed E-state index contributed by atoms with van der Waals surface area (Å²) in [6.07, 6.45) is 4.65. The molecule has 2 aromatic carbocycles. The molecule has 1 aliphatic heterocycles. The van der Waals surface area contributed by atoms with E-state index in [0.29, 0.717) is 28.6 Å². The van der Waals surface area contributed by atoms with Crippen molar-refractivity contribution in [1.82, 2.24) is 15.1 Å². The predicted molar refractivity (Wildman–Crippen MR) is 117 cm³/mol. The second-order valence-corrected chi connectivity index (χ2v) is 7.28. The Morgan fingerprint density at radius 1 is 1.07 bits per heavy atom. The zero-order valence-electron chi connectivity index (χ0n) is 16.3. The molecular weight excluding hydrogens is 398 g/mol. The molecule has 1 aromatic heterocycles. The smallest absolute Gasteiger partial charge is 0.282 e. The van der Waals surface area contributed by atoms with Gasteiger partial charge in [0.1, 0.15) is 11.3 Å². The first-order valence-electron chi connectivity index (χ1n) is 9.70. The standard InChI is InChI=1S/C23H20ClN5O/c24-20-19(21(25)16-9-3-1-4-10-16)23(26-15-18(30)29-13-7-8-14-29)28-27-22(20)17-11-5-2-6-12-17/h1-7,9-13,25H,8,14-15H2,(H,26,28)/p+1. The molecule has 0 spiro atoms. The molecule has 6 nitrogen and oxygen atoms in total. The Kier molecular flexibility index (Phi) is 5.97. The van der Waals surface area contributed by atoms with E-state index in [1.165, 1.54) is 0 Å². The number of aromatic nitrogens is 2. The van der Waals surface area contributed by atoms with Crippen LogP contribution in [0.25, 0.3) is 11.3 Å². The van der Waals surface area contributed by atoms with Crippen LogP contribution in [0.1, 0.15) is 17.5 Å². The van der Waals surface area contributed by atoms with Crippen LogP contribution in [0.4, 0.5) is 5.82 Å². The van der Waals surface area contributed by atoms with Crippen LogP contribution >= 0.6 is 11.6 Å². The van der Waals surface area contributed by atoms with Gasteiger partial charge in [0.15, 0.2) is 6.54 Å². The van der Waals surface area contributed by atoms with Gasteiger partial charge in [-0.2, -0.15) is 0 Å². The Bertz CT molecular complexity index is 1100. The highest BCUT2D eigenvalue weighted by Gasteiger charge is 2.25. The molecule has 0 bridgehead atoms. The van der Waals surface area contributed by atoms with Crippen LogP contribution in [0.3, 0.4) is 0 Å². The Labute approximate surface area is 179 Å². The van der Waals surface area contributed by atoms with Crippen molar-refractivity contribution in [3.63, 3.8) is 0 Å². The highest BCUT2D eigenvalue weighted by Crippen LogP contribution is 2.31. The summed E-state index contributed by atoms with van der Waals surface area (Å²) >= 11 is 6.77. The fraction of sp³-hybridized carbons (Fsp3) is 0.130. The quantitative estimate of drug-likeness (QED) is 0.603. The Hall–Kier alpha value is -3.35. The van der Waals surface area contributed by atoms with Crippen LogP contribution in [-0.4, -0.2) is 39.8 Å². The van der Waals surface area contributed by atoms with E-state index in [9.17, 15) is 4.79 Å². The van der Waals surface area contributed by atoms with Crippen molar-refractivity contribution in [3.8, 4) is 11.3 Å². The number of hydrogen-bond acceptors (Lipinski definition) is 4. The Morgan fingerprint density at radius 3 is 2.43 bits per heavy atom. The molecule has 2 heterocycles. The van der Waals surface area contributed by atoms with Gasteiger partial charge in [-0.05, 0) is 6.42 Å². The Balaban J connectivity index is 1.71. The van der Waals surface area contributed by atoms with Gasteiger partial charge in [0.2, 0.25) is 0 Å². The van der Waals surface area contributed by atoms with Gasteiger partial charge in [0.05, 0.1) is 10.7 Å². The average Bonchev–Trinajstić information content (AvgIpc) is 3.33. The van der Waals surface area contributed by atoms with E-state index in [4.69, 9.17) is 17.0 Å². The first kappa shape index (κ1) is 19.9.